The molecule has 0 unspecified atom stereocenters. The standard InChI is InChI=1S/C13H14N4O2/c14-6-5-12(18)16-11-3-1-10(2-4-11)13(19)17-8-7-15-9-17/h1-4,15H,5,7-9H2,(H,16,18). The fourth-order valence-electron chi connectivity index (χ4n) is 1.84. The van der Waals surface area contributed by atoms with E-state index in [4.69, 9.17) is 5.26 Å². The third-order valence-electron chi connectivity index (χ3n) is 2.80. The Morgan fingerprint density at radius 3 is 2.68 bits per heavy atom. The highest BCUT2D eigenvalue weighted by molar-refractivity contribution is 5.96. The van der Waals surface area contributed by atoms with Crippen LogP contribution in [-0.2, 0) is 4.79 Å². The molecule has 2 N–H and O–H groups in total. The summed E-state index contributed by atoms with van der Waals surface area (Å²) in [5.41, 5.74) is 1.17. The second-order valence-corrected chi connectivity index (χ2v) is 4.19. The highest BCUT2D eigenvalue weighted by atomic mass is 16.2. The molecular weight excluding hydrogens is 244 g/mol. The number of carbonyl (C=O) groups excluding carboxylic acids is 2. The first-order valence-corrected chi connectivity index (χ1v) is 5.97. The van der Waals surface area contributed by atoms with Crippen molar-refractivity contribution in [3.8, 4) is 6.07 Å². The van der Waals surface area contributed by atoms with Gasteiger partial charge >= 0.3 is 0 Å². The maximum atomic E-state index is 12.0. The number of rotatable bonds is 3. The Kier molecular flexibility index (Phi) is 4.11. The van der Waals surface area contributed by atoms with Crippen LogP contribution in [0.3, 0.4) is 0 Å². The zero-order chi connectivity index (χ0) is 13.7. The molecule has 0 atom stereocenters. The van der Waals surface area contributed by atoms with E-state index >= 15 is 0 Å². The van der Waals surface area contributed by atoms with Gasteiger partial charge in [-0.15, -0.1) is 0 Å². The van der Waals surface area contributed by atoms with Crippen molar-refractivity contribution in [1.29, 1.82) is 5.26 Å². The highest BCUT2D eigenvalue weighted by Crippen LogP contribution is 2.12. The van der Waals surface area contributed by atoms with Crippen LogP contribution in [0.25, 0.3) is 0 Å². The third kappa shape index (κ3) is 3.30. The van der Waals surface area contributed by atoms with Crippen LogP contribution in [0.4, 0.5) is 5.69 Å². The minimum Gasteiger partial charge on any atom is -0.325 e. The van der Waals surface area contributed by atoms with Crippen LogP contribution >= 0.6 is 0 Å². The molecule has 1 aromatic rings. The van der Waals surface area contributed by atoms with Gasteiger partial charge in [-0.25, -0.2) is 0 Å². The Morgan fingerprint density at radius 1 is 1.37 bits per heavy atom. The molecule has 6 heteroatoms. The molecule has 0 saturated carbocycles. The lowest BCUT2D eigenvalue weighted by molar-refractivity contribution is -0.115. The van der Waals surface area contributed by atoms with Crippen LogP contribution in [0.1, 0.15) is 16.8 Å². The summed E-state index contributed by atoms with van der Waals surface area (Å²) in [7, 11) is 0. The molecule has 1 saturated heterocycles. The van der Waals surface area contributed by atoms with E-state index in [9.17, 15) is 9.59 Å². The van der Waals surface area contributed by atoms with Crippen molar-refractivity contribution in [2.75, 3.05) is 25.1 Å². The van der Waals surface area contributed by atoms with Gasteiger partial charge in [0.15, 0.2) is 0 Å². The topological polar surface area (TPSA) is 85.2 Å². The van der Waals surface area contributed by atoms with Crippen molar-refractivity contribution in [1.82, 2.24) is 10.2 Å². The van der Waals surface area contributed by atoms with Crippen molar-refractivity contribution in [3.63, 3.8) is 0 Å². The van der Waals surface area contributed by atoms with Gasteiger partial charge < -0.3 is 10.2 Å². The van der Waals surface area contributed by atoms with Crippen molar-refractivity contribution in [2.45, 2.75) is 6.42 Å². The number of nitrogens with zero attached hydrogens (tertiary/aromatic N) is 2. The summed E-state index contributed by atoms with van der Waals surface area (Å²) >= 11 is 0. The van der Waals surface area contributed by atoms with Gasteiger partial charge in [-0.05, 0) is 24.3 Å². The average molecular weight is 258 g/mol. The molecule has 1 aliphatic rings. The smallest absolute Gasteiger partial charge is 0.254 e. The fourth-order valence-corrected chi connectivity index (χ4v) is 1.84. The molecule has 0 aromatic heterocycles. The molecule has 0 bridgehead atoms. The van der Waals surface area contributed by atoms with Crippen LogP contribution in [0.2, 0.25) is 0 Å². The molecule has 6 nitrogen and oxygen atoms in total. The molecule has 1 aromatic carbocycles. The molecule has 19 heavy (non-hydrogen) atoms. The first-order valence-electron chi connectivity index (χ1n) is 5.97. The number of nitrogens with one attached hydrogen (secondary N) is 2. The minimum atomic E-state index is -0.356. The molecule has 1 fully saturated rings. The molecule has 0 aliphatic carbocycles. The zero-order valence-electron chi connectivity index (χ0n) is 10.3. The van der Waals surface area contributed by atoms with Crippen LogP contribution in [0.5, 0.6) is 0 Å². The quantitative estimate of drug-likeness (QED) is 0.828. The van der Waals surface area contributed by atoms with Gasteiger partial charge in [-0.2, -0.15) is 5.26 Å². The van der Waals surface area contributed by atoms with Crippen molar-refractivity contribution in [3.05, 3.63) is 29.8 Å². The van der Waals surface area contributed by atoms with Gasteiger partial charge in [0.25, 0.3) is 5.91 Å². The fraction of sp³-hybridized carbons (Fsp3) is 0.308. The number of anilines is 1. The van der Waals surface area contributed by atoms with E-state index in [0.29, 0.717) is 24.5 Å². The predicted octanol–water partition coefficient (Wildman–Crippen LogP) is 0.542. The van der Waals surface area contributed by atoms with E-state index in [1.165, 1.54) is 0 Å². The van der Waals surface area contributed by atoms with Gasteiger partial charge in [0, 0.05) is 24.3 Å². The van der Waals surface area contributed by atoms with Gasteiger partial charge in [-0.3, -0.25) is 14.9 Å². The lowest BCUT2D eigenvalue weighted by Gasteiger charge is -2.14. The first kappa shape index (κ1) is 13.1. The van der Waals surface area contributed by atoms with E-state index in [2.05, 4.69) is 10.6 Å². The zero-order valence-corrected chi connectivity index (χ0v) is 10.3. The summed E-state index contributed by atoms with van der Waals surface area (Å²) in [5, 5.41) is 14.1. The number of hydrogen-bond acceptors (Lipinski definition) is 4. The SMILES string of the molecule is N#CCC(=O)Nc1ccc(C(=O)N2CCNC2)cc1. The molecule has 2 rings (SSSR count). The van der Waals surface area contributed by atoms with Crippen LogP contribution in [0, 0.1) is 11.3 Å². The second-order valence-electron chi connectivity index (χ2n) is 4.19. The highest BCUT2D eigenvalue weighted by Gasteiger charge is 2.18. The van der Waals surface area contributed by atoms with Gasteiger partial charge in [0.05, 0.1) is 12.7 Å². The average Bonchev–Trinajstić information content (AvgIpc) is 2.93. The Morgan fingerprint density at radius 2 is 2.11 bits per heavy atom. The van der Waals surface area contributed by atoms with Gasteiger partial charge in [-0.1, -0.05) is 0 Å². The summed E-state index contributed by atoms with van der Waals surface area (Å²) in [6.07, 6.45) is -0.180. The normalized spacial score (nSPS) is 13.9. The van der Waals surface area contributed by atoms with Gasteiger partial charge in [0.2, 0.25) is 5.91 Å². The summed E-state index contributed by atoms with van der Waals surface area (Å²) in [6, 6.07) is 8.43. The second kappa shape index (κ2) is 5.98. The summed E-state index contributed by atoms with van der Waals surface area (Å²) in [4.78, 5) is 25.0. The molecule has 1 heterocycles. The number of carbonyl (C=O) groups is 2. The maximum absolute atomic E-state index is 12.0. The summed E-state index contributed by atoms with van der Waals surface area (Å²) in [6.45, 7) is 2.09. The lowest BCUT2D eigenvalue weighted by atomic mass is 10.2. The molecular formula is C13H14N4O2. The van der Waals surface area contributed by atoms with E-state index < -0.39 is 0 Å². The monoisotopic (exact) mass is 258 g/mol. The van der Waals surface area contributed by atoms with Crippen molar-refractivity contribution < 1.29 is 9.59 Å². The maximum Gasteiger partial charge on any atom is 0.254 e. The van der Waals surface area contributed by atoms with Gasteiger partial charge in [0.1, 0.15) is 6.42 Å². The Labute approximate surface area is 111 Å². The largest absolute Gasteiger partial charge is 0.325 e. The number of nitriles is 1. The Bertz CT molecular complexity index is 512. The number of hydrogen-bond donors (Lipinski definition) is 2. The number of benzene rings is 1. The summed E-state index contributed by atoms with van der Waals surface area (Å²) < 4.78 is 0. The van der Waals surface area contributed by atoms with Crippen LogP contribution in [-0.4, -0.2) is 36.5 Å². The van der Waals surface area contributed by atoms with Crippen LogP contribution in [0.15, 0.2) is 24.3 Å². The molecule has 2 amide bonds. The van der Waals surface area contributed by atoms with Crippen LogP contribution < -0.4 is 10.6 Å². The molecule has 0 radical (unpaired) electrons. The molecule has 98 valence electrons. The Hall–Kier alpha value is -2.39. The number of amides is 2. The predicted molar refractivity (Wildman–Crippen MR) is 69.2 cm³/mol. The molecule has 1 aliphatic heterocycles. The Balaban J connectivity index is 2.00. The lowest BCUT2D eigenvalue weighted by Crippen LogP contribution is -2.29. The minimum absolute atomic E-state index is 0.0279. The van der Waals surface area contributed by atoms with Crippen molar-refractivity contribution in [2.24, 2.45) is 0 Å². The molecule has 0 spiro atoms. The van der Waals surface area contributed by atoms with E-state index in [-0.39, 0.29) is 18.2 Å². The van der Waals surface area contributed by atoms with Crippen molar-refractivity contribution >= 4 is 17.5 Å². The van der Waals surface area contributed by atoms with E-state index in [1.54, 1.807) is 35.2 Å². The van der Waals surface area contributed by atoms with E-state index in [1.807, 2.05) is 0 Å². The third-order valence-corrected chi connectivity index (χ3v) is 2.80. The van der Waals surface area contributed by atoms with E-state index in [0.717, 1.165) is 6.54 Å². The summed E-state index contributed by atoms with van der Waals surface area (Å²) in [5.74, 6) is -0.384. The first-order chi connectivity index (χ1) is 9.20.